The molecular weight excluding hydrogens is 394 g/mol. The summed E-state index contributed by atoms with van der Waals surface area (Å²) in [6, 6.07) is 5.86. The Morgan fingerprint density at radius 3 is 2.32 bits per heavy atom. The fraction of sp³-hybridized carbons (Fsp3) is 0.667. The molecule has 7 nitrogen and oxygen atoms in total. The number of rotatable bonds is 5. The van der Waals surface area contributed by atoms with E-state index in [1.807, 2.05) is 28.0 Å². The van der Waals surface area contributed by atoms with Gasteiger partial charge < -0.3 is 19.3 Å². The number of nitrogens with zero attached hydrogens (tertiary/aromatic N) is 3. The Bertz CT molecular complexity index is 794. The summed E-state index contributed by atoms with van der Waals surface area (Å²) in [5, 5.41) is 0. The number of amides is 2. The lowest BCUT2D eigenvalue weighted by Gasteiger charge is -2.35. The van der Waals surface area contributed by atoms with Gasteiger partial charge in [-0.2, -0.15) is 0 Å². The number of benzene rings is 1. The molecule has 1 aromatic rings. The first-order chi connectivity index (χ1) is 14.9. The summed E-state index contributed by atoms with van der Waals surface area (Å²) in [6.45, 7) is 9.06. The number of ether oxygens (including phenoxy) is 2. The van der Waals surface area contributed by atoms with Gasteiger partial charge in [0, 0.05) is 51.3 Å². The number of likely N-dealkylation sites (tertiary alicyclic amines) is 1. The molecule has 0 aromatic heterocycles. The second-order valence-electron chi connectivity index (χ2n) is 9.52. The zero-order chi connectivity index (χ0) is 21.8. The van der Waals surface area contributed by atoms with Gasteiger partial charge in [0.2, 0.25) is 5.91 Å². The molecule has 7 heteroatoms. The number of hydrogen-bond donors (Lipinski definition) is 0. The fourth-order valence-electron chi connectivity index (χ4n) is 4.70. The minimum atomic E-state index is -0.243. The van der Waals surface area contributed by atoms with Crippen LogP contribution in [-0.4, -0.2) is 84.5 Å². The van der Waals surface area contributed by atoms with Crippen molar-refractivity contribution < 1.29 is 19.1 Å². The van der Waals surface area contributed by atoms with Gasteiger partial charge in [0.05, 0.1) is 6.54 Å². The SMILES string of the molecule is CC1(C)Cc2cccc(OCC(=O)N3CCN(CC(=O)N4CCCCCC4)CC3)c2O1. The van der Waals surface area contributed by atoms with Gasteiger partial charge in [-0.05, 0) is 32.8 Å². The Labute approximate surface area is 185 Å². The highest BCUT2D eigenvalue weighted by Gasteiger charge is 2.32. The number of hydrogen-bond acceptors (Lipinski definition) is 5. The summed E-state index contributed by atoms with van der Waals surface area (Å²) in [5.74, 6) is 1.61. The van der Waals surface area contributed by atoms with Gasteiger partial charge in [0.1, 0.15) is 5.60 Å². The largest absolute Gasteiger partial charge is 0.483 e. The Morgan fingerprint density at radius 1 is 0.935 bits per heavy atom. The van der Waals surface area contributed by atoms with Crippen molar-refractivity contribution in [2.45, 2.75) is 51.6 Å². The van der Waals surface area contributed by atoms with E-state index in [0.29, 0.717) is 25.4 Å². The monoisotopic (exact) mass is 429 g/mol. The van der Waals surface area contributed by atoms with Crippen LogP contribution >= 0.6 is 0 Å². The molecule has 170 valence electrons. The van der Waals surface area contributed by atoms with Crippen LogP contribution in [0.1, 0.15) is 45.1 Å². The van der Waals surface area contributed by atoms with Crippen LogP contribution in [0.15, 0.2) is 18.2 Å². The van der Waals surface area contributed by atoms with Crippen molar-refractivity contribution in [3.63, 3.8) is 0 Å². The molecule has 31 heavy (non-hydrogen) atoms. The molecule has 3 heterocycles. The number of piperazine rings is 1. The lowest BCUT2D eigenvalue weighted by molar-refractivity contribution is -0.136. The van der Waals surface area contributed by atoms with Gasteiger partial charge in [0.25, 0.3) is 5.91 Å². The molecule has 3 aliphatic rings. The van der Waals surface area contributed by atoms with E-state index in [-0.39, 0.29) is 24.0 Å². The van der Waals surface area contributed by atoms with E-state index in [2.05, 4.69) is 18.7 Å². The lowest BCUT2D eigenvalue weighted by Crippen LogP contribution is -2.52. The second kappa shape index (κ2) is 9.47. The highest BCUT2D eigenvalue weighted by Crippen LogP contribution is 2.41. The Kier molecular flexibility index (Phi) is 6.70. The molecule has 0 atom stereocenters. The molecular formula is C24H35N3O4. The summed E-state index contributed by atoms with van der Waals surface area (Å²) in [7, 11) is 0. The molecule has 2 fully saturated rings. The first-order valence-electron chi connectivity index (χ1n) is 11.6. The van der Waals surface area contributed by atoms with E-state index in [1.54, 1.807) is 0 Å². The summed E-state index contributed by atoms with van der Waals surface area (Å²) in [5.41, 5.74) is 0.880. The average molecular weight is 430 g/mol. The third kappa shape index (κ3) is 5.50. The van der Waals surface area contributed by atoms with Gasteiger partial charge >= 0.3 is 0 Å². The first-order valence-corrected chi connectivity index (χ1v) is 11.6. The van der Waals surface area contributed by atoms with Gasteiger partial charge in [-0.15, -0.1) is 0 Å². The van der Waals surface area contributed by atoms with Gasteiger partial charge in [-0.25, -0.2) is 0 Å². The van der Waals surface area contributed by atoms with Crippen LogP contribution in [0, 0.1) is 0 Å². The molecule has 0 saturated carbocycles. The Morgan fingerprint density at radius 2 is 1.61 bits per heavy atom. The van der Waals surface area contributed by atoms with E-state index < -0.39 is 0 Å². The fourth-order valence-corrected chi connectivity index (χ4v) is 4.70. The molecule has 3 aliphatic heterocycles. The minimum Gasteiger partial charge on any atom is -0.483 e. The van der Waals surface area contributed by atoms with Crippen molar-refractivity contribution >= 4 is 11.8 Å². The Balaban J connectivity index is 1.22. The van der Waals surface area contributed by atoms with E-state index in [4.69, 9.17) is 9.47 Å². The predicted molar refractivity (Wildman–Crippen MR) is 118 cm³/mol. The van der Waals surface area contributed by atoms with Crippen LogP contribution in [0.3, 0.4) is 0 Å². The van der Waals surface area contributed by atoms with Crippen LogP contribution in [0.25, 0.3) is 0 Å². The van der Waals surface area contributed by atoms with Crippen LogP contribution < -0.4 is 9.47 Å². The normalized spacial score (nSPS) is 21.2. The number of para-hydroxylation sites is 1. The third-order valence-corrected chi connectivity index (χ3v) is 6.45. The molecule has 0 unspecified atom stereocenters. The zero-order valence-corrected chi connectivity index (χ0v) is 18.9. The maximum atomic E-state index is 12.7. The molecule has 0 spiro atoms. The van der Waals surface area contributed by atoms with E-state index in [9.17, 15) is 9.59 Å². The quantitative estimate of drug-likeness (QED) is 0.719. The van der Waals surface area contributed by atoms with Crippen molar-refractivity contribution in [3.8, 4) is 11.5 Å². The van der Waals surface area contributed by atoms with Crippen LogP contribution in [0.5, 0.6) is 11.5 Å². The molecule has 4 rings (SSSR count). The first kappa shape index (κ1) is 21.9. The maximum absolute atomic E-state index is 12.7. The summed E-state index contributed by atoms with van der Waals surface area (Å²) in [4.78, 5) is 31.3. The predicted octanol–water partition coefficient (Wildman–Crippen LogP) is 2.33. The van der Waals surface area contributed by atoms with Crippen molar-refractivity contribution in [3.05, 3.63) is 23.8 Å². The molecule has 2 amide bonds. The molecule has 2 saturated heterocycles. The van der Waals surface area contributed by atoms with Crippen molar-refractivity contribution in [1.29, 1.82) is 0 Å². The molecule has 0 N–H and O–H groups in total. The van der Waals surface area contributed by atoms with Crippen molar-refractivity contribution in [2.75, 3.05) is 52.4 Å². The smallest absolute Gasteiger partial charge is 0.260 e. The number of fused-ring (bicyclic) bond motifs is 1. The summed E-state index contributed by atoms with van der Waals surface area (Å²) in [6.07, 6.45) is 5.51. The van der Waals surface area contributed by atoms with Gasteiger partial charge in [0.15, 0.2) is 18.1 Å². The van der Waals surface area contributed by atoms with Gasteiger partial charge in [-0.3, -0.25) is 14.5 Å². The van der Waals surface area contributed by atoms with Crippen LogP contribution in [-0.2, 0) is 16.0 Å². The van der Waals surface area contributed by atoms with E-state index in [0.717, 1.165) is 56.8 Å². The van der Waals surface area contributed by atoms with E-state index >= 15 is 0 Å². The summed E-state index contributed by atoms with van der Waals surface area (Å²) >= 11 is 0. The lowest BCUT2D eigenvalue weighted by atomic mass is 10.0. The van der Waals surface area contributed by atoms with Crippen LogP contribution in [0.4, 0.5) is 0 Å². The molecule has 0 aliphatic carbocycles. The van der Waals surface area contributed by atoms with Crippen LogP contribution in [0.2, 0.25) is 0 Å². The number of carbonyl (C=O) groups excluding carboxylic acids is 2. The second-order valence-corrected chi connectivity index (χ2v) is 9.52. The topological polar surface area (TPSA) is 62.3 Å². The molecule has 0 radical (unpaired) electrons. The standard InChI is InChI=1S/C24H35N3O4/c1-24(2)16-19-8-7-9-20(23(19)31-24)30-18-22(29)27-14-12-25(13-15-27)17-21(28)26-10-5-3-4-6-11-26/h7-9H,3-6,10-18H2,1-2H3. The molecule has 0 bridgehead atoms. The third-order valence-electron chi connectivity index (χ3n) is 6.45. The molecule has 1 aromatic carbocycles. The van der Waals surface area contributed by atoms with Crippen molar-refractivity contribution in [1.82, 2.24) is 14.7 Å². The van der Waals surface area contributed by atoms with Crippen molar-refractivity contribution in [2.24, 2.45) is 0 Å². The average Bonchev–Trinajstić information content (AvgIpc) is 2.91. The highest BCUT2D eigenvalue weighted by molar-refractivity contribution is 5.79. The zero-order valence-electron chi connectivity index (χ0n) is 18.9. The maximum Gasteiger partial charge on any atom is 0.260 e. The Hall–Kier alpha value is -2.28. The highest BCUT2D eigenvalue weighted by atomic mass is 16.5. The van der Waals surface area contributed by atoms with Gasteiger partial charge in [-0.1, -0.05) is 25.0 Å². The summed E-state index contributed by atoms with van der Waals surface area (Å²) < 4.78 is 11.9. The minimum absolute atomic E-state index is 0.00690. The number of carbonyl (C=O) groups is 2. The van der Waals surface area contributed by atoms with E-state index in [1.165, 1.54) is 12.8 Å².